The zero-order chi connectivity index (χ0) is 10.7. The van der Waals surface area contributed by atoms with Crippen LogP contribution in [0.3, 0.4) is 0 Å². The summed E-state index contributed by atoms with van der Waals surface area (Å²) in [6.45, 7) is 4.13. The first-order valence-electron chi connectivity index (χ1n) is 4.70. The molecule has 1 nitrogen and oxygen atoms in total. The SMILES string of the molecule is CC(C)C(N)Cc1ccc(F)c(Cl)c1. The molecule has 0 aliphatic heterocycles. The molecule has 14 heavy (non-hydrogen) atoms. The first kappa shape index (κ1) is 11.5. The van der Waals surface area contributed by atoms with Crippen molar-refractivity contribution in [2.45, 2.75) is 26.3 Å². The van der Waals surface area contributed by atoms with Crippen LogP contribution in [-0.2, 0) is 6.42 Å². The number of nitrogens with two attached hydrogens (primary N) is 1. The maximum Gasteiger partial charge on any atom is 0.141 e. The van der Waals surface area contributed by atoms with Crippen molar-refractivity contribution in [2.75, 3.05) is 0 Å². The number of rotatable bonds is 3. The van der Waals surface area contributed by atoms with E-state index in [-0.39, 0.29) is 16.9 Å². The van der Waals surface area contributed by atoms with Gasteiger partial charge in [-0.25, -0.2) is 4.39 Å². The summed E-state index contributed by atoms with van der Waals surface area (Å²) in [6, 6.07) is 4.84. The third kappa shape index (κ3) is 2.96. The van der Waals surface area contributed by atoms with Crippen molar-refractivity contribution in [3.8, 4) is 0 Å². The summed E-state index contributed by atoms with van der Waals surface area (Å²) in [5, 5.41) is 0.165. The smallest absolute Gasteiger partial charge is 0.141 e. The highest BCUT2D eigenvalue weighted by Gasteiger charge is 2.09. The van der Waals surface area contributed by atoms with E-state index in [2.05, 4.69) is 13.8 Å². The molecule has 0 spiro atoms. The Balaban J connectivity index is 2.73. The normalized spacial score (nSPS) is 13.3. The summed E-state index contributed by atoms with van der Waals surface area (Å²) in [6.07, 6.45) is 0.734. The fraction of sp³-hybridized carbons (Fsp3) is 0.455. The summed E-state index contributed by atoms with van der Waals surface area (Å²) >= 11 is 5.66. The van der Waals surface area contributed by atoms with E-state index in [0.29, 0.717) is 5.92 Å². The van der Waals surface area contributed by atoms with Crippen LogP contribution < -0.4 is 5.73 Å². The molecular formula is C11H15ClFN. The Hall–Kier alpha value is -0.600. The lowest BCUT2D eigenvalue weighted by Crippen LogP contribution is -2.28. The van der Waals surface area contributed by atoms with Crippen LogP contribution in [0.25, 0.3) is 0 Å². The van der Waals surface area contributed by atoms with Crippen molar-refractivity contribution < 1.29 is 4.39 Å². The van der Waals surface area contributed by atoms with E-state index in [0.717, 1.165) is 12.0 Å². The lowest BCUT2D eigenvalue weighted by atomic mass is 9.97. The van der Waals surface area contributed by atoms with Gasteiger partial charge in [-0.1, -0.05) is 31.5 Å². The quantitative estimate of drug-likeness (QED) is 0.824. The van der Waals surface area contributed by atoms with E-state index in [4.69, 9.17) is 17.3 Å². The molecule has 0 saturated carbocycles. The van der Waals surface area contributed by atoms with Gasteiger partial charge in [-0.2, -0.15) is 0 Å². The van der Waals surface area contributed by atoms with Crippen LogP contribution in [0.2, 0.25) is 5.02 Å². The molecule has 1 atom stereocenters. The molecule has 0 aromatic heterocycles. The first-order chi connectivity index (χ1) is 6.50. The van der Waals surface area contributed by atoms with Crippen LogP contribution in [-0.4, -0.2) is 6.04 Å². The molecule has 78 valence electrons. The van der Waals surface area contributed by atoms with E-state index in [1.165, 1.54) is 6.07 Å². The predicted molar refractivity (Wildman–Crippen MR) is 57.9 cm³/mol. The standard InChI is InChI=1S/C11H15ClFN/c1-7(2)11(14)6-8-3-4-10(13)9(12)5-8/h3-5,7,11H,6,14H2,1-2H3. The minimum absolute atomic E-state index is 0.0940. The molecule has 0 amide bonds. The molecule has 3 heteroatoms. The van der Waals surface area contributed by atoms with Gasteiger partial charge in [-0.05, 0) is 30.0 Å². The number of hydrogen-bond donors (Lipinski definition) is 1. The van der Waals surface area contributed by atoms with Crippen molar-refractivity contribution in [1.29, 1.82) is 0 Å². The van der Waals surface area contributed by atoms with Crippen LogP contribution in [0.1, 0.15) is 19.4 Å². The highest BCUT2D eigenvalue weighted by atomic mass is 35.5. The largest absolute Gasteiger partial charge is 0.327 e. The third-order valence-corrected chi connectivity index (χ3v) is 2.60. The molecule has 1 aromatic rings. The Morgan fingerprint density at radius 2 is 2.07 bits per heavy atom. The number of halogens is 2. The maximum atomic E-state index is 12.8. The Labute approximate surface area is 89.1 Å². The van der Waals surface area contributed by atoms with Crippen LogP contribution in [0, 0.1) is 11.7 Å². The lowest BCUT2D eigenvalue weighted by molar-refractivity contribution is 0.490. The minimum Gasteiger partial charge on any atom is -0.327 e. The van der Waals surface area contributed by atoms with Crippen molar-refractivity contribution >= 4 is 11.6 Å². The number of benzene rings is 1. The summed E-state index contributed by atoms with van der Waals surface area (Å²) in [7, 11) is 0. The van der Waals surface area contributed by atoms with E-state index >= 15 is 0 Å². The second-order valence-corrected chi connectivity index (χ2v) is 4.27. The summed E-state index contributed by atoms with van der Waals surface area (Å²) in [5.74, 6) is 0.0346. The molecule has 0 bridgehead atoms. The zero-order valence-corrected chi connectivity index (χ0v) is 9.18. The monoisotopic (exact) mass is 215 g/mol. The van der Waals surface area contributed by atoms with E-state index in [1.807, 2.05) is 0 Å². The van der Waals surface area contributed by atoms with Gasteiger partial charge in [0.2, 0.25) is 0 Å². The van der Waals surface area contributed by atoms with Gasteiger partial charge in [0.25, 0.3) is 0 Å². The van der Waals surface area contributed by atoms with Crippen LogP contribution >= 0.6 is 11.6 Å². The molecular weight excluding hydrogens is 201 g/mol. The van der Waals surface area contributed by atoms with Gasteiger partial charge in [0, 0.05) is 6.04 Å². The lowest BCUT2D eigenvalue weighted by Gasteiger charge is -2.15. The molecule has 1 aromatic carbocycles. The molecule has 2 N–H and O–H groups in total. The maximum absolute atomic E-state index is 12.8. The molecule has 0 aliphatic carbocycles. The van der Waals surface area contributed by atoms with E-state index < -0.39 is 0 Å². The first-order valence-corrected chi connectivity index (χ1v) is 5.08. The van der Waals surface area contributed by atoms with Crippen LogP contribution in [0.5, 0.6) is 0 Å². The molecule has 1 unspecified atom stereocenters. The highest BCUT2D eigenvalue weighted by Crippen LogP contribution is 2.17. The molecule has 0 aliphatic rings. The van der Waals surface area contributed by atoms with Gasteiger partial charge >= 0.3 is 0 Å². The topological polar surface area (TPSA) is 26.0 Å². The predicted octanol–water partition coefficient (Wildman–Crippen LogP) is 3.00. The summed E-state index contributed by atoms with van der Waals surface area (Å²) < 4.78 is 12.8. The molecule has 0 saturated heterocycles. The third-order valence-electron chi connectivity index (χ3n) is 2.31. The minimum atomic E-state index is -0.381. The van der Waals surface area contributed by atoms with Crippen LogP contribution in [0.4, 0.5) is 4.39 Å². The average Bonchev–Trinajstić information content (AvgIpc) is 2.11. The molecule has 1 rings (SSSR count). The van der Waals surface area contributed by atoms with Crippen molar-refractivity contribution in [3.05, 3.63) is 34.6 Å². The summed E-state index contributed by atoms with van der Waals surface area (Å²) in [5.41, 5.74) is 6.88. The van der Waals surface area contributed by atoms with Gasteiger partial charge in [-0.15, -0.1) is 0 Å². The molecule has 0 heterocycles. The second-order valence-electron chi connectivity index (χ2n) is 3.86. The van der Waals surface area contributed by atoms with E-state index in [1.54, 1.807) is 12.1 Å². The van der Waals surface area contributed by atoms with Gasteiger partial charge in [0.15, 0.2) is 0 Å². The average molecular weight is 216 g/mol. The Bertz CT molecular complexity index is 312. The number of hydrogen-bond acceptors (Lipinski definition) is 1. The van der Waals surface area contributed by atoms with Gasteiger partial charge in [0.1, 0.15) is 5.82 Å². The van der Waals surface area contributed by atoms with Crippen LogP contribution in [0.15, 0.2) is 18.2 Å². The van der Waals surface area contributed by atoms with Crippen molar-refractivity contribution in [2.24, 2.45) is 11.7 Å². The van der Waals surface area contributed by atoms with Gasteiger partial charge in [-0.3, -0.25) is 0 Å². The van der Waals surface area contributed by atoms with Gasteiger partial charge in [0.05, 0.1) is 5.02 Å². The Morgan fingerprint density at radius 1 is 1.43 bits per heavy atom. The summed E-state index contributed by atoms with van der Waals surface area (Å²) in [4.78, 5) is 0. The Kier molecular flexibility index (Phi) is 3.90. The fourth-order valence-electron chi connectivity index (χ4n) is 1.17. The zero-order valence-electron chi connectivity index (χ0n) is 8.43. The van der Waals surface area contributed by atoms with Gasteiger partial charge < -0.3 is 5.73 Å². The molecule has 0 fully saturated rings. The molecule has 0 radical (unpaired) electrons. The van der Waals surface area contributed by atoms with Crippen molar-refractivity contribution in [1.82, 2.24) is 0 Å². The van der Waals surface area contributed by atoms with Crippen molar-refractivity contribution in [3.63, 3.8) is 0 Å². The van der Waals surface area contributed by atoms with E-state index in [9.17, 15) is 4.39 Å². The highest BCUT2D eigenvalue weighted by molar-refractivity contribution is 6.30. The second kappa shape index (κ2) is 4.76. The Morgan fingerprint density at radius 3 is 2.57 bits per heavy atom. The fourth-order valence-corrected chi connectivity index (χ4v) is 1.38.